The molecule has 0 unspecified atom stereocenters. The van der Waals surface area contributed by atoms with Crippen LogP contribution in [0.15, 0.2) is 0 Å². The molecule has 8 nitrogen and oxygen atoms in total. The van der Waals surface area contributed by atoms with Crippen molar-refractivity contribution >= 4 is 23.6 Å². The van der Waals surface area contributed by atoms with Crippen molar-refractivity contribution in [2.45, 2.75) is 70.8 Å². The third-order valence-corrected chi connectivity index (χ3v) is 4.62. The Kier molecular flexibility index (Phi) is 10.3. The molecule has 4 amide bonds. The van der Waals surface area contributed by atoms with Gasteiger partial charge in [-0.25, -0.2) is 0 Å². The number of nitrogens with two attached hydrogens (primary N) is 1. The van der Waals surface area contributed by atoms with Gasteiger partial charge in [0, 0.05) is 6.42 Å². The van der Waals surface area contributed by atoms with Gasteiger partial charge in [0.15, 0.2) is 0 Å². The zero-order valence-electron chi connectivity index (χ0n) is 15.6. The smallest absolute Gasteiger partial charge is 0.243 e. The van der Waals surface area contributed by atoms with Gasteiger partial charge in [0.1, 0.15) is 6.04 Å². The van der Waals surface area contributed by atoms with Crippen LogP contribution in [0.3, 0.4) is 0 Å². The van der Waals surface area contributed by atoms with E-state index in [4.69, 9.17) is 5.73 Å². The minimum atomic E-state index is -0.744. The minimum Gasteiger partial charge on any atom is -0.368 e. The Morgan fingerprint density at radius 2 is 1.69 bits per heavy atom. The number of carbonyl (C=O) groups excluding carboxylic acids is 4. The van der Waals surface area contributed by atoms with Gasteiger partial charge < -0.3 is 21.7 Å². The van der Waals surface area contributed by atoms with E-state index in [-0.39, 0.29) is 19.0 Å². The van der Waals surface area contributed by atoms with E-state index in [9.17, 15) is 19.2 Å². The summed E-state index contributed by atoms with van der Waals surface area (Å²) >= 11 is 0. The Bertz CT molecular complexity index is 490. The molecule has 0 bridgehead atoms. The second kappa shape index (κ2) is 12.3. The standard InChI is InChI=1S/C18H32N4O4/c1-2-6-14(18(26)21-11-15(19)23)22-17(25)12-20-16(24)10-9-13-7-4-3-5-8-13/h13-14H,2-12H2,1H3,(H2,19,23)(H,20,24)(H,21,26)(H,22,25)/t14-/m0/s1. The summed E-state index contributed by atoms with van der Waals surface area (Å²) in [5, 5.41) is 7.56. The van der Waals surface area contributed by atoms with Crippen LogP contribution in [0.5, 0.6) is 0 Å². The molecule has 0 aliphatic heterocycles. The Labute approximate surface area is 155 Å². The molecule has 1 saturated carbocycles. The normalized spacial score (nSPS) is 15.7. The largest absolute Gasteiger partial charge is 0.368 e. The number of hydrogen-bond donors (Lipinski definition) is 4. The summed E-state index contributed by atoms with van der Waals surface area (Å²) in [5.41, 5.74) is 4.99. The van der Waals surface area contributed by atoms with Crippen LogP contribution in [0.1, 0.15) is 64.7 Å². The first-order valence-corrected chi connectivity index (χ1v) is 9.54. The summed E-state index contributed by atoms with van der Waals surface area (Å²) < 4.78 is 0. The van der Waals surface area contributed by atoms with E-state index in [0.717, 1.165) is 6.42 Å². The minimum absolute atomic E-state index is 0.143. The van der Waals surface area contributed by atoms with Crippen molar-refractivity contribution in [3.05, 3.63) is 0 Å². The maximum absolute atomic E-state index is 12.0. The van der Waals surface area contributed by atoms with Crippen molar-refractivity contribution in [2.24, 2.45) is 11.7 Å². The molecule has 26 heavy (non-hydrogen) atoms. The van der Waals surface area contributed by atoms with Gasteiger partial charge in [-0.05, 0) is 18.8 Å². The van der Waals surface area contributed by atoms with Crippen LogP contribution in [0.25, 0.3) is 0 Å². The van der Waals surface area contributed by atoms with Gasteiger partial charge in [-0.15, -0.1) is 0 Å². The topological polar surface area (TPSA) is 130 Å². The average molecular weight is 368 g/mol. The maximum Gasteiger partial charge on any atom is 0.243 e. The van der Waals surface area contributed by atoms with Gasteiger partial charge in [0.05, 0.1) is 13.1 Å². The highest BCUT2D eigenvalue weighted by atomic mass is 16.2. The lowest BCUT2D eigenvalue weighted by atomic mass is 9.86. The molecule has 1 fully saturated rings. The summed E-state index contributed by atoms with van der Waals surface area (Å²) in [5.74, 6) is -1.06. The second-order valence-corrected chi connectivity index (χ2v) is 6.91. The van der Waals surface area contributed by atoms with Crippen LogP contribution in [0, 0.1) is 5.92 Å². The summed E-state index contributed by atoms with van der Waals surface area (Å²) in [6, 6.07) is -0.744. The molecular weight excluding hydrogens is 336 g/mol. The van der Waals surface area contributed by atoms with E-state index in [2.05, 4.69) is 16.0 Å². The zero-order chi connectivity index (χ0) is 19.4. The number of rotatable bonds is 11. The predicted molar refractivity (Wildman–Crippen MR) is 97.9 cm³/mol. The number of carbonyl (C=O) groups is 4. The fourth-order valence-corrected chi connectivity index (χ4v) is 3.18. The van der Waals surface area contributed by atoms with Crippen LogP contribution in [-0.4, -0.2) is 42.8 Å². The molecule has 8 heteroatoms. The van der Waals surface area contributed by atoms with Crippen molar-refractivity contribution in [1.29, 1.82) is 0 Å². The first kappa shape index (κ1) is 21.9. The molecule has 0 heterocycles. The molecule has 0 aromatic rings. The summed E-state index contributed by atoms with van der Waals surface area (Å²) in [7, 11) is 0. The van der Waals surface area contributed by atoms with Crippen molar-refractivity contribution in [3.8, 4) is 0 Å². The van der Waals surface area contributed by atoms with E-state index < -0.39 is 23.8 Å². The summed E-state index contributed by atoms with van der Waals surface area (Å²) in [4.78, 5) is 46.6. The molecule has 0 saturated heterocycles. The van der Waals surface area contributed by atoms with Crippen LogP contribution in [-0.2, 0) is 19.2 Å². The second-order valence-electron chi connectivity index (χ2n) is 6.91. The van der Waals surface area contributed by atoms with E-state index in [1.807, 2.05) is 6.92 Å². The molecule has 1 atom stereocenters. The SMILES string of the molecule is CCC[C@H](NC(=O)CNC(=O)CCC1CCCCC1)C(=O)NCC(N)=O. The third-order valence-electron chi connectivity index (χ3n) is 4.62. The Morgan fingerprint density at radius 1 is 1.00 bits per heavy atom. The number of amides is 4. The highest BCUT2D eigenvalue weighted by Crippen LogP contribution is 2.27. The fourth-order valence-electron chi connectivity index (χ4n) is 3.18. The van der Waals surface area contributed by atoms with Gasteiger partial charge >= 0.3 is 0 Å². The van der Waals surface area contributed by atoms with Crippen molar-refractivity contribution < 1.29 is 19.2 Å². The molecule has 0 aromatic heterocycles. The quantitative estimate of drug-likeness (QED) is 0.419. The lowest BCUT2D eigenvalue weighted by molar-refractivity contribution is -0.130. The zero-order valence-corrected chi connectivity index (χ0v) is 15.6. The molecule has 1 aliphatic rings. The molecule has 0 radical (unpaired) electrons. The van der Waals surface area contributed by atoms with Gasteiger partial charge in [-0.2, -0.15) is 0 Å². The molecule has 0 spiro atoms. The number of hydrogen-bond acceptors (Lipinski definition) is 4. The lowest BCUT2D eigenvalue weighted by Crippen LogP contribution is -2.50. The van der Waals surface area contributed by atoms with Gasteiger partial charge in [-0.1, -0.05) is 45.4 Å². The van der Waals surface area contributed by atoms with E-state index in [1.165, 1.54) is 32.1 Å². The monoisotopic (exact) mass is 368 g/mol. The van der Waals surface area contributed by atoms with Crippen molar-refractivity contribution in [3.63, 3.8) is 0 Å². The predicted octanol–water partition coefficient (Wildman–Crippen LogP) is 0.350. The Balaban J connectivity index is 2.29. The van der Waals surface area contributed by atoms with Crippen LogP contribution in [0.4, 0.5) is 0 Å². The molecule has 148 valence electrons. The first-order valence-electron chi connectivity index (χ1n) is 9.54. The van der Waals surface area contributed by atoms with Crippen molar-refractivity contribution in [1.82, 2.24) is 16.0 Å². The van der Waals surface area contributed by atoms with Gasteiger partial charge in [0.2, 0.25) is 23.6 Å². The molecule has 5 N–H and O–H groups in total. The Hall–Kier alpha value is -2.12. The maximum atomic E-state index is 12.0. The first-order chi connectivity index (χ1) is 12.4. The molecule has 1 rings (SSSR count). The van der Waals surface area contributed by atoms with Crippen LogP contribution >= 0.6 is 0 Å². The number of primary amides is 1. The van der Waals surface area contributed by atoms with Crippen LogP contribution in [0.2, 0.25) is 0 Å². The van der Waals surface area contributed by atoms with Crippen molar-refractivity contribution in [2.75, 3.05) is 13.1 Å². The summed E-state index contributed by atoms with van der Waals surface area (Å²) in [6.45, 7) is 1.45. The van der Waals surface area contributed by atoms with E-state index in [0.29, 0.717) is 25.2 Å². The molecule has 1 aliphatic carbocycles. The highest BCUT2D eigenvalue weighted by molar-refractivity contribution is 5.91. The highest BCUT2D eigenvalue weighted by Gasteiger charge is 2.20. The number of nitrogens with one attached hydrogen (secondary N) is 3. The van der Waals surface area contributed by atoms with E-state index >= 15 is 0 Å². The fraction of sp³-hybridized carbons (Fsp3) is 0.778. The molecule has 0 aromatic carbocycles. The van der Waals surface area contributed by atoms with Gasteiger partial charge in [-0.3, -0.25) is 19.2 Å². The Morgan fingerprint density at radius 3 is 2.31 bits per heavy atom. The lowest BCUT2D eigenvalue weighted by Gasteiger charge is -2.21. The molecular formula is C18H32N4O4. The van der Waals surface area contributed by atoms with Crippen LogP contribution < -0.4 is 21.7 Å². The van der Waals surface area contributed by atoms with Gasteiger partial charge in [0.25, 0.3) is 0 Å². The van der Waals surface area contributed by atoms with E-state index in [1.54, 1.807) is 0 Å². The summed E-state index contributed by atoms with van der Waals surface area (Å²) in [6.07, 6.45) is 8.55. The average Bonchev–Trinajstić information content (AvgIpc) is 2.63. The third kappa shape index (κ3) is 9.39.